The third kappa shape index (κ3) is 9.93. The number of aliphatic carboxylic acids is 2. The molecule has 4 fully saturated rings. The maximum absolute atomic E-state index is 10.7. The Morgan fingerprint density at radius 2 is 0.907 bits per heavy atom. The molecule has 253 valence electrons. The Morgan fingerprint density at radius 1 is 0.651 bits per heavy atom. The SMILES string of the molecule is CC(=O)[O-].CC(=O)[O-].CCC(C1CCC(O)C1)(C1CCC(O)C1)P(CC[CH2][Pd+2])C(CC)(C1CCC(O)C1)C1CCC(O)C1. The van der Waals surface area contributed by atoms with Crippen molar-refractivity contribution >= 4 is 19.9 Å². The van der Waals surface area contributed by atoms with Gasteiger partial charge in [0.2, 0.25) is 0 Å². The summed E-state index contributed by atoms with van der Waals surface area (Å²) in [7, 11) is -0.451. The van der Waals surface area contributed by atoms with E-state index in [4.69, 9.17) is 19.8 Å². The number of carbonyl (C=O) groups excluding carboxylic acids is 2. The van der Waals surface area contributed by atoms with Crippen molar-refractivity contribution in [3.8, 4) is 0 Å². The van der Waals surface area contributed by atoms with Gasteiger partial charge in [0, 0.05) is 11.9 Å². The second kappa shape index (κ2) is 18.3. The molecule has 0 aromatic carbocycles. The van der Waals surface area contributed by atoms with Gasteiger partial charge < -0.3 is 19.8 Å². The molecule has 0 aromatic rings. The van der Waals surface area contributed by atoms with Crippen molar-refractivity contribution in [1.29, 1.82) is 0 Å². The van der Waals surface area contributed by atoms with Gasteiger partial charge in [0.25, 0.3) is 0 Å². The van der Waals surface area contributed by atoms with E-state index in [0.717, 1.165) is 109 Å². The van der Waals surface area contributed by atoms with E-state index < -0.39 is 19.9 Å². The molecule has 8 atom stereocenters. The van der Waals surface area contributed by atoms with Crippen LogP contribution in [-0.2, 0) is 28.8 Å². The monoisotopic (exact) mass is 719 g/mol. The van der Waals surface area contributed by atoms with E-state index in [2.05, 4.69) is 33.0 Å². The fourth-order valence-corrected chi connectivity index (χ4v) is 16.0. The third-order valence-electron chi connectivity index (χ3n) is 11.1. The molecule has 0 heterocycles. The summed E-state index contributed by atoms with van der Waals surface area (Å²) >= 11 is 3.49. The summed E-state index contributed by atoms with van der Waals surface area (Å²) in [6, 6.07) is 0. The normalized spacial score (nSPS) is 35.6. The van der Waals surface area contributed by atoms with Crippen LogP contribution in [-0.4, -0.2) is 73.3 Å². The molecule has 0 aromatic heterocycles. The first-order valence-electron chi connectivity index (χ1n) is 16.6. The predicted molar refractivity (Wildman–Crippen MR) is 162 cm³/mol. The summed E-state index contributed by atoms with van der Waals surface area (Å²) in [4.78, 5) is 18.8. The number of hydrogen-bond donors (Lipinski definition) is 4. The van der Waals surface area contributed by atoms with E-state index in [9.17, 15) is 20.4 Å². The van der Waals surface area contributed by atoms with Gasteiger partial charge in [0.1, 0.15) is 0 Å². The Kier molecular flexibility index (Phi) is 16.6. The molecule has 0 spiro atoms. The van der Waals surface area contributed by atoms with Crippen molar-refractivity contribution < 1.29 is 59.4 Å². The summed E-state index contributed by atoms with van der Waals surface area (Å²) in [6.45, 7) is 6.79. The average Bonchev–Trinajstić information content (AvgIpc) is 3.74. The second-order valence-electron chi connectivity index (χ2n) is 13.5. The molecule has 4 saturated carbocycles. The van der Waals surface area contributed by atoms with E-state index in [1.165, 1.54) is 12.6 Å². The molecule has 43 heavy (non-hydrogen) atoms. The molecule has 0 amide bonds. The second-order valence-corrected chi connectivity index (χ2v) is 17.2. The Labute approximate surface area is 272 Å². The average molecular weight is 720 g/mol. The number of aliphatic hydroxyl groups is 4. The molecule has 0 bridgehead atoms. The predicted octanol–water partition coefficient (Wildman–Crippen LogP) is 3.28. The first-order chi connectivity index (χ1) is 20.3. The summed E-state index contributed by atoms with van der Waals surface area (Å²) < 4.78 is 0. The molecule has 4 aliphatic rings. The Bertz CT molecular complexity index is 747. The van der Waals surface area contributed by atoms with Crippen LogP contribution in [0, 0.1) is 23.7 Å². The van der Waals surface area contributed by atoms with E-state index in [-0.39, 0.29) is 34.7 Å². The maximum atomic E-state index is 10.7. The zero-order chi connectivity index (χ0) is 32.4. The van der Waals surface area contributed by atoms with Gasteiger partial charge in [0.05, 0.1) is 0 Å². The van der Waals surface area contributed by atoms with Gasteiger partial charge >= 0.3 is 227 Å². The van der Waals surface area contributed by atoms with Crippen molar-refractivity contribution in [3.63, 3.8) is 0 Å². The quantitative estimate of drug-likeness (QED) is 0.187. The molecule has 4 aliphatic carbocycles. The van der Waals surface area contributed by atoms with E-state index >= 15 is 0 Å². The molecule has 8 nitrogen and oxygen atoms in total. The molecule has 4 rings (SSSR count). The molecular formula is C33H58O8PPd. The van der Waals surface area contributed by atoms with Gasteiger partial charge in [-0.3, -0.25) is 0 Å². The van der Waals surface area contributed by atoms with Crippen LogP contribution in [0.25, 0.3) is 0 Å². The first-order valence-corrected chi connectivity index (χ1v) is 19.3. The Hall–Kier alpha value is -0.128. The van der Waals surface area contributed by atoms with E-state index in [1.54, 1.807) is 0 Å². The molecule has 10 heteroatoms. The molecular weight excluding hydrogens is 662 g/mol. The Morgan fingerprint density at radius 3 is 1.07 bits per heavy atom. The summed E-state index contributed by atoms with van der Waals surface area (Å²) in [5.74, 6) is -0.0329. The van der Waals surface area contributed by atoms with Crippen molar-refractivity contribution in [2.45, 2.75) is 164 Å². The first kappa shape index (κ1) is 39.1. The molecule has 0 aliphatic heterocycles. The van der Waals surface area contributed by atoms with Crippen molar-refractivity contribution in [1.82, 2.24) is 0 Å². The van der Waals surface area contributed by atoms with Crippen molar-refractivity contribution in [3.05, 3.63) is 0 Å². The van der Waals surface area contributed by atoms with Crippen molar-refractivity contribution in [2.24, 2.45) is 23.7 Å². The fourth-order valence-electron chi connectivity index (χ4n) is 9.74. The minimum absolute atomic E-state index is 0.174. The van der Waals surface area contributed by atoms with Crippen LogP contribution in [0.5, 0.6) is 0 Å². The van der Waals surface area contributed by atoms with Gasteiger partial charge in [0.15, 0.2) is 0 Å². The van der Waals surface area contributed by atoms with Crippen LogP contribution in [0.4, 0.5) is 0 Å². The molecule has 0 saturated heterocycles. The molecule has 0 radical (unpaired) electrons. The summed E-state index contributed by atoms with van der Waals surface area (Å²) in [6.07, 6.45) is 15.9. The number of hydrogen-bond acceptors (Lipinski definition) is 8. The summed E-state index contributed by atoms with van der Waals surface area (Å²) in [5.41, 5.74) is 0. The van der Waals surface area contributed by atoms with Crippen LogP contribution in [0.15, 0.2) is 0 Å². The topological polar surface area (TPSA) is 161 Å². The van der Waals surface area contributed by atoms with Crippen LogP contribution in [0.3, 0.4) is 0 Å². The van der Waals surface area contributed by atoms with Gasteiger partial charge in [-0.25, -0.2) is 0 Å². The zero-order valence-corrected chi connectivity index (χ0v) is 29.3. The van der Waals surface area contributed by atoms with Gasteiger partial charge in [-0.1, -0.05) is 0 Å². The van der Waals surface area contributed by atoms with Gasteiger partial charge in [-0.15, -0.1) is 0 Å². The third-order valence-corrected chi connectivity index (χ3v) is 16.5. The van der Waals surface area contributed by atoms with E-state index in [0.29, 0.717) is 23.7 Å². The number of carboxylic acid groups (broad SMARTS) is 2. The van der Waals surface area contributed by atoms with Crippen LogP contribution in [0.2, 0.25) is 4.89 Å². The standard InChI is InChI=1S/C29H52O4P.2C2H4O2.Pd/c1-4-15-34(28(5-2,20-7-11-24(30)16-20)21-8-12-25(31)17-21)29(6-3,22-9-13-26(32)18-22)23-10-14-27(33)19-23;2*1-2(3)4;/h20-27,30-33H,1,4-19H2,2-3H3;2*1H3,(H,3,4);/q;;;+2/p-2. The molecule has 4 N–H and O–H groups in total. The van der Waals surface area contributed by atoms with E-state index in [1.807, 2.05) is 0 Å². The van der Waals surface area contributed by atoms with Crippen LogP contribution < -0.4 is 10.2 Å². The zero-order valence-electron chi connectivity index (χ0n) is 26.8. The van der Waals surface area contributed by atoms with Crippen molar-refractivity contribution in [2.75, 3.05) is 6.16 Å². The van der Waals surface area contributed by atoms with Crippen LogP contribution in [0.1, 0.15) is 124 Å². The Balaban J connectivity index is 0.000000719. The fraction of sp³-hybridized carbons (Fsp3) is 0.939. The number of aliphatic hydroxyl groups excluding tert-OH is 4. The number of carbonyl (C=O) groups is 2. The number of carboxylic acids is 2. The molecule has 8 unspecified atom stereocenters. The van der Waals surface area contributed by atoms with Gasteiger partial charge in [-0.2, -0.15) is 0 Å². The van der Waals surface area contributed by atoms with Crippen LogP contribution >= 0.6 is 7.92 Å². The van der Waals surface area contributed by atoms with Gasteiger partial charge in [-0.05, 0) is 13.8 Å². The minimum atomic E-state index is -1.08. The number of rotatable bonds is 11. The summed E-state index contributed by atoms with van der Waals surface area (Å²) in [5, 5.41) is 61.1.